The van der Waals surface area contributed by atoms with Crippen molar-refractivity contribution in [1.82, 2.24) is 4.98 Å². The molecule has 4 aromatic rings. The molecule has 1 amide bonds. The second kappa shape index (κ2) is 8.02. The number of thiazole rings is 1. The first-order chi connectivity index (χ1) is 14.3. The second-order valence-corrected chi connectivity index (χ2v) is 8.33. The average Bonchev–Trinajstić information content (AvgIpc) is 3.13. The maximum atomic E-state index is 13.0. The van der Waals surface area contributed by atoms with Crippen LogP contribution in [0.25, 0.3) is 20.8 Å². The lowest BCUT2D eigenvalue weighted by Crippen LogP contribution is -2.15. The van der Waals surface area contributed by atoms with E-state index in [0.29, 0.717) is 21.3 Å². The number of fused-ring (bicyclic) bond motifs is 1. The second-order valence-electron chi connectivity index (χ2n) is 6.46. The zero-order chi connectivity index (χ0) is 21.4. The molecule has 9 heteroatoms. The summed E-state index contributed by atoms with van der Waals surface area (Å²) in [4.78, 5) is 28.3. The largest absolute Gasteiger partial charge is 0.320 e. The van der Waals surface area contributed by atoms with E-state index in [1.807, 2.05) is 24.3 Å². The van der Waals surface area contributed by atoms with Gasteiger partial charge < -0.3 is 5.32 Å². The number of para-hydroxylation sites is 1. The van der Waals surface area contributed by atoms with E-state index in [2.05, 4.69) is 10.3 Å². The Balaban J connectivity index is 1.79. The fourth-order valence-electron chi connectivity index (χ4n) is 3.10. The molecule has 0 aliphatic rings. The molecular weight excluding hydrogens is 445 g/mol. The third kappa shape index (κ3) is 3.75. The van der Waals surface area contributed by atoms with Crippen LogP contribution in [0.15, 0.2) is 54.6 Å². The van der Waals surface area contributed by atoms with Gasteiger partial charge in [-0.25, -0.2) is 4.98 Å². The van der Waals surface area contributed by atoms with Crippen molar-refractivity contribution in [3.05, 3.63) is 85.9 Å². The summed E-state index contributed by atoms with van der Waals surface area (Å²) < 4.78 is 0.982. The molecular formula is C21H13Cl2N3O3S. The normalized spacial score (nSPS) is 10.9. The summed E-state index contributed by atoms with van der Waals surface area (Å²) >= 11 is 14.1. The Bertz CT molecular complexity index is 1290. The maximum absolute atomic E-state index is 13.0. The van der Waals surface area contributed by atoms with E-state index in [1.54, 1.807) is 6.07 Å². The van der Waals surface area contributed by atoms with E-state index in [9.17, 15) is 14.9 Å². The van der Waals surface area contributed by atoms with Gasteiger partial charge in [0.1, 0.15) is 5.01 Å². The van der Waals surface area contributed by atoms with Gasteiger partial charge in [-0.05, 0) is 37.3 Å². The molecule has 0 spiro atoms. The molecule has 0 saturated carbocycles. The number of nitrogens with one attached hydrogen (secondary N) is 1. The van der Waals surface area contributed by atoms with E-state index in [1.165, 1.54) is 42.5 Å². The molecule has 0 unspecified atom stereocenters. The molecule has 0 saturated heterocycles. The summed E-state index contributed by atoms with van der Waals surface area (Å²) in [5.74, 6) is -0.511. The highest BCUT2D eigenvalue weighted by atomic mass is 35.5. The molecule has 1 N–H and O–H groups in total. The SMILES string of the molecule is Cc1c(C(=O)Nc2c(Cl)cc(Cl)cc2-c2nc3ccccc3s2)cccc1[N+](=O)[O-]. The number of anilines is 1. The number of halogens is 2. The van der Waals surface area contributed by atoms with Crippen molar-refractivity contribution in [3.63, 3.8) is 0 Å². The Hall–Kier alpha value is -3.00. The predicted molar refractivity (Wildman–Crippen MR) is 121 cm³/mol. The highest BCUT2D eigenvalue weighted by Crippen LogP contribution is 2.40. The van der Waals surface area contributed by atoms with Crippen LogP contribution >= 0.6 is 34.5 Å². The summed E-state index contributed by atoms with van der Waals surface area (Å²) in [6.07, 6.45) is 0. The lowest BCUT2D eigenvalue weighted by Gasteiger charge is -2.13. The van der Waals surface area contributed by atoms with Gasteiger partial charge in [0.25, 0.3) is 11.6 Å². The minimum absolute atomic E-state index is 0.128. The Labute approximate surface area is 185 Å². The lowest BCUT2D eigenvalue weighted by molar-refractivity contribution is -0.385. The van der Waals surface area contributed by atoms with Gasteiger partial charge in [0, 0.05) is 27.8 Å². The van der Waals surface area contributed by atoms with Crippen molar-refractivity contribution >= 4 is 62.0 Å². The van der Waals surface area contributed by atoms with Crippen LogP contribution in [0, 0.1) is 17.0 Å². The lowest BCUT2D eigenvalue weighted by atomic mass is 10.1. The maximum Gasteiger partial charge on any atom is 0.273 e. The summed E-state index contributed by atoms with van der Waals surface area (Å²) in [6, 6.07) is 15.2. The first-order valence-electron chi connectivity index (χ1n) is 8.75. The summed E-state index contributed by atoms with van der Waals surface area (Å²) in [5.41, 5.74) is 2.06. The smallest absolute Gasteiger partial charge is 0.273 e. The number of hydrogen-bond acceptors (Lipinski definition) is 5. The number of rotatable bonds is 4. The Kier molecular flexibility index (Phi) is 5.42. The monoisotopic (exact) mass is 457 g/mol. The molecule has 150 valence electrons. The predicted octanol–water partition coefficient (Wildman–Crippen LogP) is 6.74. The summed E-state index contributed by atoms with van der Waals surface area (Å²) in [7, 11) is 0. The van der Waals surface area contributed by atoms with Crippen molar-refractivity contribution in [2.45, 2.75) is 6.92 Å². The van der Waals surface area contributed by atoms with Crippen LogP contribution in [0.4, 0.5) is 11.4 Å². The van der Waals surface area contributed by atoms with Crippen molar-refractivity contribution in [1.29, 1.82) is 0 Å². The van der Waals surface area contributed by atoms with Crippen LogP contribution < -0.4 is 5.32 Å². The van der Waals surface area contributed by atoms with Crippen molar-refractivity contribution in [2.24, 2.45) is 0 Å². The van der Waals surface area contributed by atoms with Crippen LogP contribution in [-0.4, -0.2) is 15.8 Å². The molecule has 4 rings (SSSR count). The molecule has 1 aromatic heterocycles. The quantitative estimate of drug-likeness (QED) is 0.271. The topological polar surface area (TPSA) is 85.1 Å². The standard InChI is InChI=1S/C21H13Cl2N3O3S/c1-11-13(5-4-7-17(11)26(28)29)20(27)25-19-14(9-12(22)10-15(19)23)21-24-16-6-2-3-8-18(16)30-21/h2-10H,1H3,(H,25,27). The van der Waals surface area contributed by atoms with E-state index < -0.39 is 10.8 Å². The van der Waals surface area contributed by atoms with Crippen LogP contribution in [0.1, 0.15) is 15.9 Å². The highest BCUT2D eigenvalue weighted by Gasteiger charge is 2.21. The highest BCUT2D eigenvalue weighted by molar-refractivity contribution is 7.21. The van der Waals surface area contributed by atoms with Gasteiger partial charge in [-0.15, -0.1) is 11.3 Å². The third-order valence-electron chi connectivity index (χ3n) is 4.56. The molecule has 0 bridgehead atoms. The van der Waals surface area contributed by atoms with E-state index in [-0.39, 0.29) is 21.8 Å². The van der Waals surface area contributed by atoms with Crippen molar-refractivity contribution < 1.29 is 9.72 Å². The zero-order valence-corrected chi connectivity index (χ0v) is 17.8. The number of benzene rings is 3. The zero-order valence-electron chi connectivity index (χ0n) is 15.5. The van der Waals surface area contributed by atoms with E-state index in [4.69, 9.17) is 23.2 Å². The molecule has 30 heavy (non-hydrogen) atoms. The van der Waals surface area contributed by atoms with E-state index in [0.717, 1.165) is 10.2 Å². The Morgan fingerprint density at radius 2 is 1.90 bits per heavy atom. The van der Waals surface area contributed by atoms with E-state index >= 15 is 0 Å². The van der Waals surface area contributed by atoms with Gasteiger partial charge in [0.05, 0.1) is 25.8 Å². The third-order valence-corrected chi connectivity index (χ3v) is 6.15. The fourth-order valence-corrected chi connectivity index (χ4v) is 4.63. The van der Waals surface area contributed by atoms with Crippen molar-refractivity contribution in [2.75, 3.05) is 5.32 Å². The Morgan fingerprint density at radius 1 is 1.13 bits per heavy atom. The van der Waals surface area contributed by atoms with Crippen LogP contribution in [0.5, 0.6) is 0 Å². The number of aromatic nitrogens is 1. The van der Waals surface area contributed by atoms with Crippen LogP contribution in [-0.2, 0) is 0 Å². The summed E-state index contributed by atoms with van der Waals surface area (Å²) in [5, 5.41) is 15.3. The van der Waals surface area contributed by atoms with Gasteiger partial charge in [-0.3, -0.25) is 14.9 Å². The van der Waals surface area contributed by atoms with Gasteiger partial charge in [0.15, 0.2) is 0 Å². The Morgan fingerprint density at radius 3 is 2.63 bits per heavy atom. The van der Waals surface area contributed by atoms with Gasteiger partial charge in [-0.2, -0.15) is 0 Å². The fraction of sp³-hybridized carbons (Fsp3) is 0.0476. The number of amides is 1. The summed E-state index contributed by atoms with van der Waals surface area (Å²) in [6.45, 7) is 1.53. The number of nitro groups is 1. The molecule has 0 radical (unpaired) electrons. The van der Waals surface area contributed by atoms with Crippen molar-refractivity contribution in [3.8, 4) is 10.6 Å². The molecule has 0 aliphatic heterocycles. The number of carbonyl (C=O) groups is 1. The number of nitro benzene ring substituents is 1. The first kappa shape index (κ1) is 20.3. The minimum Gasteiger partial charge on any atom is -0.320 e. The molecule has 3 aromatic carbocycles. The number of nitrogens with zero attached hydrogens (tertiary/aromatic N) is 2. The molecule has 0 fully saturated rings. The number of carbonyl (C=O) groups excluding carboxylic acids is 1. The molecule has 6 nitrogen and oxygen atoms in total. The molecule has 1 heterocycles. The molecule has 0 aliphatic carbocycles. The first-order valence-corrected chi connectivity index (χ1v) is 10.3. The van der Waals surface area contributed by atoms with Crippen LogP contribution in [0.2, 0.25) is 10.0 Å². The minimum atomic E-state index is -0.520. The van der Waals surface area contributed by atoms with Crippen LogP contribution in [0.3, 0.4) is 0 Å². The van der Waals surface area contributed by atoms with Gasteiger partial charge in [0.2, 0.25) is 0 Å². The number of hydrogen-bond donors (Lipinski definition) is 1. The van der Waals surface area contributed by atoms with Gasteiger partial charge >= 0.3 is 0 Å². The van der Waals surface area contributed by atoms with Gasteiger partial charge in [-0.1, -0.05) is 41.4 Å². The molecule has 0 atom stereocenters. The average molecular weight is 458 g/mol.